The number of aryl methyl sites for hydroxylation is 1. The highest BCUT2D eigenvalue weighted by Crippen LogP contribution is 2.47. The van der Waals surface area contributed by atoms with Crippen LogP contribution in [0.5, 0.6) is 0 Å². The molecule has 0 aliphatic rings. The van der Waals surface area contributed by atoms with Crippen molar-refractivity contribution in [1.29, 1.82) is 0 Å². The summed E-state index contributed by atoms with van der Waals surface area (Å²) in [5.74, 6) is 0. The van der Waals surface area contributed by atoms with Crippen molar-refractivity contribution >= 4 is 36.2 Å². The van der Waals surface area contributed by atoms with Crippen molar-refractivity contribution in [3.8, 4) is 0 Å². The van der Waals surface area contributed by atoms with Crippen LogP contribution in [-0.4, -0.2) is 24.0 Å². The second-order valence-electron chi connectivity index (χ2n) is 2.41. The van der Waals surface area contributed by atoms with Gasteiger partial charge in [-0.05, 0) is 0 Å². The van der Waals surface area contributed by atoms with E-state index in [4.69, 9.17) is 32.2 Å². The zero-order valence-corrected chi connectivity index (χ0v) is 10.2. The molecule has 0 bridgehead atoms. The van der Waals surface area contributed by atoms with Crippen LogP contribution in [0.25, 0.3) is 0 Å². The molecule has 0 spiro atoms. The van der Waals surface area contributed by atoms with E-state index in [9.17, 15) is 4.57 Å². The molecule has 1 aromatic heterocycles. The van der Waals surface area contributed by atoms with Crippen LogP contribution in [0.3, 0.4) is 0 Å². The number of hydrogen-bond donors (Lipinski definition) is 0. The lowest BCUT2D eigenvalue weighted by Crippen LogP contribution is -2.11. The summed E-state index contributed by atoms with van der Waals surface area (Å²) in [6, 6.07) is 0. The van der Waals surface area contributed by atoms with Crippen molar-refractivity contribution in [1.82, 2.24) is 9.78 Å². The molecule has 0 saturated heterocycles. The lowest BCUT2D eigenvalue weighted by atomic mass is 10.7. The third kappa shape index (κ3) is 1.83. The normalized spacial score (nSPS) is 12.1. The van der Waals surface area contributed by atoms with Crippen molar-refractivity contribution in [2.24, 2.45) is 7.05 Å². The van der Waals surface area contributed by atoms with E-state index in [0.29, 0.717) is 0 Å². The third-order valence-electron chi connectivity index (χ3n) is 1.65. The molecule has 0 saturated carbocycles. The second-order valence-corrected chi connectivity index (χ2v) is 5.30. The summed E-state index contributed by atoms with van der Waals surface area (Å²) >= 11 is 11.6. The van der Waals surface area contributed by atoms with Gasteiger partial charge in [0.2, 0.25) is 0 Å². The van der Waals surface area contributed by atoms with Gasteiger partial charge in [-0.2, -0.15) is 5.10 Å². The minimum absolute atomic E-state index is 0.0247. The Hall–Kier alpha value is -0.0600. The predicted octanol–water partition coefficient (Wildman–Crippen LogP) is 1.84. The predicted molar refractivity (Wildman–Crippen MR) is 54.5 cm³/mol. The number of aromatic nitrogens is 2. The van der Waals surface area contributed by atoms with Crippen molar-refractivity contribution in [3.63, 3.8) is 0 Å². The molecule has 0 aliphatic carbocycles. The van der Waals surface area contributed by atoms with Gasteiger partial charge >= 0.3 is 7.60 Å². The van der Waals surface area contributed by atoms with Gasteiger partial charge in [0, 0.05) is 21.3 Å². The Morgan fingerprint density at radius 1 is 1.36 bits per heavy atom. The van der Waals surface area contributed by atoms with E-state index < -0.39 is 7.60 Å². The largest absolute Gasteiger partial charge is 0.382 e. The van der Waals surface area contributed by atoms with E-state index in [-0.39, 0.29) is 15.6 Å². The molecule has 0 radical (unpaired) electrons. The minimum atomic E-state index is -3.43. The first kappa shape index (κ1) is 12.0. The van der Waals surface area contributed by atoms with Gasteiger partial charge in [-0.15, -0.1) is 0 Å². The highest BCUT2D eigenvalue weighted by Gasteiger charge is 2.33. The number of halogens is 2. The number of rotatable bonds is 3. The van der Waals surface area contributed by atoms with E-state index in [0.717, 1.165) is 0 Å². The van der Waals surface area contributed by atoms with Crippen LogP contribution in [0, 0.1) is 0 Å². The van der Waals surface area contributed by atoms with Crippen LogP contribution >= 0.6 is 30.8 Å². The summed E-state index contributed by atoms with van der Waals surface area (Å²) in [4.78, 5) is 0. The molecule has 0 fully saturated rings. The van der Waals surface area contributed by atoms with Gasteiger partial charge in [-0.25, -0.2) is 0 Å². The van der Waals surface area contributed by atoms with E-state index >= 15 is 0 Å². The van der Waals surface area contributed by atoms with Crippen molar-refractivity contribution in [2.75, 3.05) is 14.2 Å². The molecule has 1 aromatic rings. The van der Waals surface area contributed by atoms with Crippen LogP contribution in [0.1, 0.15) is 0 Å². The van der Waals surface area contributed by atoms with Crippen molar-refractivity contribution < 1.29 is 13.6 Å². The smallest absolute Gasteiger partial charge is 0.307 e. The monoisotopic (exact) mass is 258 g/mol. The van der Waals surface area contributed by atoms with Crippen molar-refractivity contribution in [3.05, 3.63) is 10.2 Å². The van der Waals surface area contributed by atoms with Crippen LogP contribution in [0.2, 0.25) is 10.2 Å². The quantitative estimate of drug-likeness (QED) is 0.777. The molecule has 1 heterocycles. The zero-order chi connectivity index (χ0) is 10.9. The molecular weight excluding hydrogens is 250 g/mol. The van der Waals surface area contributed by atoms with Gasteiger partial charge in [0.25, 0.3) is 0 Å². The highest BCUT2D eigenvalue weighted by atomic mass is 35.5. The van der Waals surface area contributed by atoms with Gasteiger partial charge in [-0.3, -0.25) is 9.25 Å². The lowest BCUT2D eigenvalue weighted by molar-refractivity contribution is 0.286. The maximum absolute atomic E-state index is 11.9. The Balaban J connectivity index is 3.32. The molecule has 0 atom stereocenters. The number of hydrogen-bond acceptors (Lipinski definition) is 4. The average Bonchev–Trinajstić information content (AvgIpc) is 2.45. The molecule has 0 amide bonds. The zero-order valence-electron chi connectivity index (χ0n) is 7.82. The topological polar surface area (TPSA) is 53.4 Å². The van der Waals surface area contributed by atoms with Gasteiger partial charge in [-0.1, -0.05) is 23.2 Å². The molecule has 14 heavy (non-hydrogen) atoms. The Labute approximate surface area is 91.4 Å². The maximum Gasteiger partial charge on any atom is 0.382 e. The van der Waals surface area contributed by atoms with E-state index in [1.54, 1.807) is 7.05 Å². The summed E-state index contributed by atoms with van der Waals surface area (Å²) in [7, 11) is 0.658. The SMILES string of the molecule is COP(=O)(OC)c1nn(C)c(Cl)c1Cl. The van der Waals surface area contributed by atoms with Gasteiger partial charge in [0.05, 0.1) is 0 Å². The summed E-state index contributed by atoms with van der Waals surface area (Å²) < 4.78 is 22.6. The first-order valence-electron chi connectivity index (χ1n) is 3.56. The van der Waals surface area contributed by atoms with Gasteiger partial charge in [0.1, 0.15) is 10.2 Å². The molecule has 0 N–H and O–H groups in total. The summed E-state index contributed by atoms with van der Waals surface area (Å²) in [5.41, 5.74) is 0.0247. The first-order chi connectivity index (χ1) is 6.46. The summed E-state index contributed by atoms with van der Waals surface area (Å²) in [6.07, 6.45) is 0. The number of nitrogens with zero attached hydrogens (tertiary/aromatic N) is 2. The standard InChI is InChI=1S/C6H9Cl2N2O3P/c1-10-5(8)4(7)6(9-10)14(11,12-2)13-3/h1-3H3. The molecular formula is C6H9Cl2N2O3P. The summed E-state index contributed by atoms with van der Waals surface area (Å²) in [5, 5.41) is 4.14. The van der Waals surface area contributed by atoms with Crippen LogP contribution in [0.15, 0.2) is 0 Å². The maximum atomic E-state index is 11.9. The Kier molecular flexibility index (Phi) is 3.61. The first-order valence-corrected chi connectivity index (χ1v) is 5.86. The molecule has 0 aliphatic heterocycles. The van der Waals surface area contributed by atoms with E-state index in [1.165, 1.54) is 18.9 Å². The fraction of sp³-hybridized carbons (Fsp3) is 0.500. The Morgan fingerprint density at radius 2 is 1.86 bits per heavy atom. The highest BCUT2D eigenvalue weighted by molar-refractivity contribution is 7.62. The molecule has 80 valence electrons. The Bertz CT molecular complexity index is 385. The second kappa shape index (κ2) is 4.21. The molecule has 8 heteroatoms. The molecule has 0 unspecified atom stereocenters. The van der Waals surface area contributed by atoms with Crippen LogP contribution < -0.4 is 5.44 Å². The molecule has 0 aromatic carbocycles. The van der Waals surface area contributed by atoms with Crippen LogP contribution in [-0.2, 0) is 20.7 Å². The van der Waals surface area contributed by atoms with Crippen molar-refractivity contribution in [2.45, 2.75) is 0 Å². The Morgan fingerprint density at radius 3 is 2.14 bits per heavy atom. The third-order valence-corrected chi connectivity index (χ3v) is 4.46. The molecule has 5 nitrogen and oxygen atoms in total. The van der Waals surface area contributed by atoms with E-state index in [2.05, 4.69) is 5.10 Å². The summed E-state index contributed by atoms with van der Waals surface area (Å²) in [6.45, 7) is 0. The minimum Gasteiger partial charge on any atom is -0.307 e. The lowest BCUT2D eigenvalue weighted by Gasteiger charge is -2.10. The average molecular weight is 259 g/mol. The fourth-order valence-corrected chi connectivity index (χ4v) is 2.64. The molecule has 1 rings (SSSR count). The van der Waals surface area contributed by atoms with Gasteiger partial charge in [0.15, 0.2) is 5.44 Å². The van der Waals surface area contributed by atoms with Gasteiger partial charge < -0.3 is 9.05 Å². The fourth-order valence-electron chi connectivity index (χ4n) is 0.887. The van der Waals surface area contributed by atoms with Crippen LogP contribution in [0.4, 0.5) is 0 Å². The van der Waals surface area contributed by atoms with E-state index in [1.807, 2.05) is 0 Å².